The lowest BCUT2D eigenvalue weighted by Gasteiger charge is -2.14. The summed E-state index contributed by atoms with van der Waals surface area (Å²) in [4.78, 5) is 12.1. The summed E-state index contributed by atoms with van der Waals surface area (Å²) in [6.45, 7) is 0.585. The second-order valence-corrected chi connectivity index (χ2v) is 6.01. The Morgan fingerprint density at radius 3 is 2.64 bits per heavy atom. The van der Waals surface area contributed by atoms with Crippen molar-refractivity contribution in [3.8, 4) is 11.8 Å². The van der Waals surface area contributed by atoms with Crippen LogP contribution in [-0.4, -0.2) is 12.0 Å². The Balaban J connectivity index is 2.09. The fourth-order valence-corrected chi connectivity index (χ4v) is 2.36. The number of alkyl halides is 2. The summed E-state index contributed by atoms with van der Waals surface area (Å²) in [6.07, 6.45) is -3.53. The zero-order valence-electron chi connectivity index (χ0n) is 12.9. The maximum Gasteiger partial charge on any atom is 0.395 e. The van der Waals surface area contributed by atoms with Gasteiger partial charge in [0.2, 0.25) is 0 Å². The van der Waals surface area contributed by atoms with E-state index in [4.69, 9.17) is 5.26 Å². The molecular weight excluding hydrogens is 401 g/mol. The molecule has 0 saturated carbocycles. The molecule has 0 radical (unpaired) electrons. The summed E-state index contributed by atoms with van der Waals surface area (Å²) in [5.41, 5.74) is 1.05. The van der Waals surface area contributed by atoms with Crippen molar-refractivity contribution in [1.82, 2.24) is 5.32 Å². The third-order valence-electron chi connectivity index (χ3n) is 3.10. The van der Waals surface area contributed by atoms with E-state index in [1.165, 1.54) is 6.07 Å². The number of carbonyl (C=O) groups is 1. The lowest BCUT2D eigenvalue weighted by molar-refractivity contribution is -0.160. The van der Waals surface area contributed by atoms with E-state index in [9.17, 15) is 18.0 Å². The first-order chi connectivity index (χ1) is 11.7. The van der Waals surface area contributed by atoms with Gasteiger partial charge in [-0.2, -0.15) is 14.0 Å². The molecule has 1 amide bonds. The minimum atomic E-state index is -3.53. The minimum absolute atomic E-state index is 0.0446. The number of rotatable bonds is 5. The summed E-state index contributed by atoms with van der Waals surface area (Å²) in [5, 5.41) is 11.5. The minimum Gasteiger partial charge on any atom is -0.430 e. The Kier molecular flexibility index (Phi) is 5.69. The first-order valence-electron chi connectivity index (χ1n) is 7.03. The molecule has 130 valence electrons. The van der Waals surface area contributed by atoms with Crippen LogP contribution in [0.4, 0.5) is 13.2 Å². The molecule has 0 atom stereocenters. The van der Waals surface area contributed by atoms with Gasteiger partial charge in [-0.05, 0) is 42.0 Å². The summed E-state index contributed by atoms with van der Waals surface area (Å²) < 4.78 is 44.2. The third kappa shape index (κ3) is 5.22. The Bertz CT molecular complexity index is 845. The number of nitriles is 1. The van der Waals surface area contributed by atoms with Crippen molar-refractivity contribution < 1.29 is 22.7 Å². The number of amides is 1. The zero-order chi connectivity index (χ0) is 18.6. The van der Waals surface area contributed by atoms with Crippen molar-refractivity contribution in [3.63, 3.8) is 0 Å². The van der Waals surface area contributed by atoms with Gasteiger partial charge in [-0.3, -0.25) is 4.79 Å². The van der Waals surface area contributed by atoms with Crippen LogP contribution in [0.3, 0.4) is 0 Å². The number of halogens is 4. The molecule has 2 aromatic carbocycles. The molecule has 0 heterocycles. The van der Waals surface area contributed by atoms with Gasteiger partial charge in [-0.15, -0.1) is 0 Å². The summed E-state index contributed by atoms with van der Waals surface area (Å²) in [6, 6.07) is 9.85. The molecule has 0 aromatic heterocycles. The van der Waals surface area contributed by atoms with Crippen LogP contribution in [-0.2, 0) is 6.54 Å². The molecule has 0 unspecified atom stereocenters. The van der Waals surface area contributed by atoms with Crippen LogP contribution in [0.25, 0.3) is 0 Å². The molecular formula is C17H12BrF3N2O2. The normalized spacial score (nSPS) is 10.9. The van der Waals surface area contributed by atoms with Crippen molar-refractivity contribution in [2.45, 2.75) is 19.6 Å². The average molecular weight is 413 g/mol. The molecule has 4 nitrogen and oxygen atoms in total. The highest BCUT2D eigenvalue weighted by atomic mass is 79.9. The van der Waals surface area contributed by atoms with E-state index in [2.05, 4.69) is 26.0 Å². The molecule has 0 fully saturated rings. The molecule has 0 aliphatic rings. The molecule has 0 bridgehead atoms. The van der Waals surface area contributed by atoms with Crippen LogP contribution in [0, 0.1) is 17.1 Å². The van der Waals surface area contributed by atoms with Crippen LogP contribution in [0.15, 0.2) is 40.9 Å². The molecule has 0 saturated heterocycles. The number of hydrogen-bond acceptors (Lipinski definition) is 3. The standard InChI is InChI=1S/C17H12BrF3N2O2/c1-17(20,21)25-15-5-3-11(7-14(15)19)16(24)23-9-12-6-10(8-22)2-4-13(12)18/h2-7H,9H2,1H3,(H,23,24). The van der Waals surface area contributed by atoms with Crippen LogP contribution in [0.1, 0.15) is 28.4 Å². The second-order valence-electron chi connectivity index (χ2n) is 5.16. The number of benzene rings is 2. The lowest BCUT2D eigenvalue weighted by Crippen LogP contribution is -2.23. The van der Waals surface area contributed by atoms with Crippen molar-refractivity contribution in [2.24, 2.45) is 0 Å². The van der Waals surface area contributed by atoms with E-state index in [1.54, 1.807) is 18.2 Å². The van der Waals surface area contributed by atoms with Crippen molar-refractivity contribution in [3.05, 3.63) is 63.4 Å². The van der Waals surface area contributed by atoms with E-state index in [0.29, 0.717) is 22.5 Å². The SMILES string of the molecule is CC(F)(F)Oc1ccc(C(=O)NCc2cc(C#N)ccc2Br)cc1F. The summed E-state index contributed by atoms with van der Waals surface area (Å²) >= 11 is 3.31. The third-order valence-corrected chi connectivity index (χ3v) is 3.87. The molecule has 0 aliphatic carbocycles. The van der Waals surface area contributed by atoms with Gasteiger partial charge in [0.15, 0.2) is 11.6 Å². The van der Waals surface area contributed by atoms with Crippen LogP contribution in [0.2, 0.25) is 0 Å². The van der Waals surface area contributed by atoms with E-state index in [0.717, 1.165) is 12.1 Å². The largest absolute Gasteiger partial charge is 0.430 e. The van der Waals surface area contributed by atoms with Gasteiger partial charge in [0.25, 0.3) is 5.91 Å². The fourth-order valence-electron chi connectivity index (χ4n) is 1.98. The number of ether oxygens (including phenoxy) is 1. The first-order valence-corrected chi connectivity index (χ1v) is 7.82. The van der Waals surface area contributed by atoms with E-state index < -0.39 is 23.6 Å². The summed E-state index contributed by atoms with van der Waals surface area (Å²) in [5.74, 6) is -2.31. The fraction of sp³-hybridized carbons (Fsp3) is 0.176. The maximum absolute atomic E-state index is 13.8. The first kappa shape index (κ1) is 18.8. The smallest absolute Gasteiger partial charge is 0.395 e. The Hall–Kier alpha value is -2.53. The molecule has 2 aromatic rings. The van der Waals surface area contributed by atoms with Crippen LogP contribution >= 0.6 is 15.9 Å². The van der Waals surface area contributed by atoms with E-state index in [-0.39, 0.29) is 12.1 Å². The van der Waals surface area contributed by atoms with Crippen molar-refractivity contribution in [2.75, 3.05) is 0 Å². The van der Waals surface area contributed by atoms with Crippen molar-refractivity contribution >= 4 is 21.8 Å². The van der Waals surface area contributed by atoms with Gasteiger partial charge < -0.3 is 10.1 Å². The zero-order valence-corrected chi connectivity index (χ0v) is 14.5. The molecule has 8 heteroatoms. The van der Waals surface area contributed by atoms with E-state index >= 15 is 0 Å². The lowest BCUT2D eigenvalue weighted by atomic mass is 10.1. The van der Waals surface area contributed by atoms with Gasteiger partial charge in [-0.25, -0.2) is 4.39 Å². The van der Waals surface area contributed by atoms with Gasteiger partial charge in [0.1, 0.15) is 0 Å². The number of carbonyl (C=O) groups excluding carboxylic acids is 1. The number of hydrogen-bond donors (Lipinski definition) is 1. The highest BCUT2D eigenvalue weighted by Crippen LogP contribution is 2.25. The number of nitrogens with zero attached hydrogens (tertiary/aromatic N) is 1. The predicted molar refractivity (Wildman–Crippen MR) is 87.7 cm³/mol. The summed E-state index contributed by atoms with van der Waals surface area (Å²) in [7, 11) is 0. The molecule has 0 aliphatic heterocycles. The van der Waals surface area contributed by atoms with E-state index in [1.807, 2.05) is 6.07 Å². The highest BCUT2D eigenvalue weighted by Gasteiger charge is 2.25. The Morgan fingerprint density at radius 2 is 2.04 bits per heavy atom. The highest BCUT2D eigenvalue weighted by molar-refractivity contribution is 9.10. The molecule has 25 heavy (non-hydrogen) atoms. The Labute approximate surface area is 150 Å². The van der Waals surface area contributed by atoms with Crippen molar-refractivity contribution in [1.29, 1.82) is 5.26 Å². The average Bonchev–Trinajstić information content (AvgIpc) is 2.54. The quantitative estimate of drug-likeness (QED) is 0.792. The van der Waals surface area contributed by atoms with Crippen LogP contribution in [0.5, 0.6) is 5.75 Å². The topological polar surface area (TPSA) is 62.1 Å². The van der Waals surface area contributed by atoms with Gasteiger partial charge >= 0.3 is 6.11 Å². The number of nitrogens with one attached hydrogen (secondary N) is 1. The van der Waals surface area contributed by atoms with Crippen LogP contribution < -0.4 is 10.1 Å². The second kappa shape index (κ2) is 7.57. The molecule has 0 spiro atoms. The van der Waals surface area contributed by atoms with Gasteiger partial charge in [0.05, 0.1) is 11.6 Å². The van der Waals surface area contributed by atoms with Gasteiger partial charge in [-0.1, -0.05) is 15.9 Å². The maximum atomic E-state index is 13.8. The monoisotopic (exact) mass is 412 g/mol. The molecule has 1 N–H and O–H groups in total. The molecule has 2 rings (SSSR count). The van der Waals surface area contributed by atoms with Gasteiger partial charge in [0, 0.05) is 23.5 Å². The Morgan fingerprint density at radius 1 is 1.32 bits per heavy atom. The predicted octanol–water partition coefficient (Wildman–Crippen LogP) is 4.38.